The molecule has 0 saturated carbocycles. The zero-order valence-electron chi connectivity index (χ0n) is 14.5. The van der Waals surface area contributed by atoms with E-state index in [1.807, 2.05) is 20.8 Å². The summed E-state index contributed by atoms with van der Waals surface area (Å²) in [5, 5.41) is 3.61. The zero-order chi connectivity index (χ0) is 16.2. The monoisotopic (exact) mass is 294 g/mol. The van der Waals surface area contributed by atoms with Gasteiger partial charge in [-0.3, -0.25) is 14.5 Å². The maximum atomic E-state index is 12.8. The van der Waals surface area contributed by atoms with Gasteiger partial charge in [0.25, 0.3) is 0 Å². The number of carbonyl (C=O) groups excluding carboxylic acids is 2. The number of piperidine rings is 1. The van der Waals surface area contributed by atoms with E-state index in [4.69, 9.17) is 0 Å². The van der Waals surface area contributed by atoms with Gasteiger partial charge in [0, 0.05) is 23.0 Å². The summed E-state index contributed by atoms with van der Waals surface area (Å²) < 4.78 is 0. The van der Waals surface area contributed by atoms with Crippen LogP contribution >= 0.6 is 0 Å². The van der Waals surface area contributed by atoms with Gasteiger partial charge in [-0.1, -0.05) is 20.8 Å². The number of hydrogen-bond donors (Lipinski definition) is 1. The summed E-state index contributed by atoms with van der Waals surface area (Å²) in [5.41, 5.74) is -0.127. The third-order valence-corrected chi connectivity index (χ3v) is 4.94. The Kier molecular flexibility index (Phi) is 3.98. The van der Waals surface area contributed by atoms with Crippen molar-refractivity contribution >= 4 is 11.8 Å². The fourth-order valence-corrected chi connectivity index (χ4v) is 4.53. The van der Waals surface area contributed by atoms with E-state index in [2.05, 4.69) is 33.0 Å². The Morgan fingerprint density at radius 1 is 1.05 bits per heavy atom. The predicted octanol–water partition coefficient (Wildman–Crippen LogP) is 2.57. The summed E-state index contributed by atoms with van der Waals surface area (Å²) in [6, 6.07) is 0.0162. The summed E-state index contributed by atoms with van der Waals surface area (Å²) in [4.78, 5) is 27.0. The van der Waals surface area contributed by atoms with Crippen molar-refractivity contribution in [2.75, 3.05) is 0 Å². The lowest BCUT2D eigenvalue weighted by molar-refractivity contribution is -0.144. The first-order valence-electron chi connectivity index (χ1n) is 8.11. The highest BCUT2D eigenvalue weighted by Gasteiger charge is 2.51. The topological polar surface area (TPSA) is 49.4 Å². The normalized spacial score (nSPS) is 33.0. The Balaban J connectivity index is 2.29. The van der Waals surface area contributed by atoms with Gasteiger partial charge in [0.2, 0.25) is 11.8 Å². The van der Waals surface area contributed by atoms with Crippen LogP contribution in [-0.2, 0) is 9.59 Å². The summed E-state index contributed by atoms with van der Waals surface area (Å²) in [7, 11) is 0. The molecule has 0 bridgehead atoms. The quantitative estimate of drug-likeness (QED) is 0.796. The van der Waals surface area contributed by atoms with Crippen LogP contribution in [0.3, 0.4) is 0 Å². The second-order valence-corrected chi connectivity index (χ2v) is 8.56. The number of likely N-dealkylation sites (tertiary alicyclic amines) is 1. The molecule has 0 aliphatic carbocycles. The predicted molar refractivity (Wildman–Crippen MR) is 83.7 cm³/mol. The number of hydrogen-bond acceptors (Lipinski definition) is 3. The van der Waals surface area contributed by atoms with Crippen LogP contribution in [0, 0.1) is 17.8 Å². The van der Waals surface area contributed by atoms with Gasteiger partial charge in [-0.15, -0.1) is 0 Å². The fraction of sp³-hybridized carbons (Fsp3) is 0.882. The molecule has 0 spiro atoms. The van der Waals surface area contributed by atoms with Gasteiger partial charge >= 0.3 is 0 Å². The second kappa shape index (κ2) is 5.08. The average molecular weight is 294 g/mol. The maximum absolute atomic E-state index is 12.8. The molecule has 120 valence electrons. The number of rotatable bonds is 2. The molecule has 2 saturated heterocycles. The first-order chi connectivity index (χ1) is 9.45. The summed E-state index contributed by atoms with van der Waals surface area (Å²) in [6.45, 7) is 14.6. The lowest BCUT2D eigenvalue weighted by Crippen LogP contribution is -2.63. The first-order valence-corrected chi connectivity index (χ1v) is 8.11. The highest BCUT2D eigenvalue weighted by atomic mass is 16.2. The standard InChI is InChI=1S/C17H30N2O2/c1-10(2)13-11(3)14(20)19(15(13)21)12-8-16(4,5)18-17(6,7)9-12/h10-13,18H,8-9H2,1-7H3. The number of amides is 2. The minimum absolute atomic E-state index is 0.0162. The Morgan fingerprint density at radius 2 is 1.52 bits per heavy atom. The van der Waals surface area contributed by atoms with Gasteiger partial charge in [0.1, 0.15) is 0 Å². The van der Waals surface area contributed by atoms with Gasteiger partial charge in [0.05, 0.1) is 5.92 Å². The van der Waals surface area contributed by atoms with Crippen LogP contribution in [0.5, 0.6) is 0 Å². The van der Waals surface area contributed by atoms with Crippen molar-refractivity contribution in [3.05, 3.63) is 0 Å². The van der Waals surface area contributed by atoms with Crippen LogP contribution in [0.25, 0.3) is 0 Å². The molecular formula is C17H30N2O2. The molecule has 2 amide bonds. The van der Waals surface area contributed by atoms with Crippen LogP contribution in [0.15, 0.2) is 0 Å². The molecule has 2 aliphatic rings. The minimum atomic E-state index is -0.182. The van der Waals surface area contributed by atoms with Crippen molar-refractivity contribution in [2.24, 2.45) is 17.8 Å². The molecule has 2 rings (SSSR count). The molecule has 1 N–H and O–H groups in total. The molecule has 0 aromatic heterocycles. The molecule has 0 radical (unpaired) electrons. The van der Waals surface area contributed by atoms with E-state index in [0.29, 0.717) is 0 Å². The third kappa shape index (κ3) is 3.01. The van der Waals surface area contributed by atoms with Crippen LogP contribution in [-0.4, -0.2) is 33.8 Å². The van der Waals surface area contributed by atoms with Crippen molar-refractivity contribution in [1.29, 1.82) is 0 Å². The Bertz CT molecular complexity index is 438. The zero-order valence-corrected chi connectivity index (χ0v) is 14.5. The van der Waals surface area contributed by atoms with E-state index in [0.717, 1.165) is 12.8 Å². The lowest BCUT2D eigenvalue weighted by Gasteiger charge is -2.48. The Labute approximate surface area is 128 Å². The van der Waals surface area contributed by atoms with Crippen molar-refractivity contribution in [1.82, 2.24) is 10.2 Å². The van der Waals surface area contributed by atoms with E-state index in [9.17, 15) is 9.59 Å². The molecule has 4 heteroatoms. The minimum Gasteiger partial charge on any atom is -0.307 e. The van der Waals surface area contributed by atoms with E-state index < -0.39 is 0 Å². The van der Waals surface area contributed by atoms with E-state index in [-0.39, 0.29) is 46.7 Å². The highest BCUT2D eigenvalue weighted by Crippen LogP contribution is 2.38. The van der Waals surface area contributed by atoms with Crippen LogP contribution in [0.1, 0.15) is 61.3 Å². The average Bonchev–Trinajstić information content (AvgIpc) is 2.45. The molecule has 2 unspecified atom stereocenters. The van der Waals surface area contributed by atoms with Crippen molar-refractivity contribution in [3.8, 4) is 0 Å². The van der Waals surface area contributed by atoms with E-state index in [1.165, 1.54) is 0 Å². The largest absolute Gasteiger partial charge is 0.307 e. The molecule has 0 aromatic rings. The molecule has 4 nitrogen and oxygen atoms in total. The molecule has 2 aliphatic heterocycles. The Hall–Kier alpha value is -0.900. The number of carbonyl (C=O) groups is 2. The molecule has 0 aromatic carbocycles. The molecule has 2 fully saturated rings. The number of nitrogens with zero attached hydrogens (tertiary/aromatic N) is 1. The summed E-state index contributed by atoms with van der Waals surface area (Å²) >= 11 is 0. The Morgan fingerprint density at radius 3 is 1.90 bits per heavy atom. The molecule has 2 atom stereocenters. The fourth-order valence-electron chi connectivity index (χ4n) is 4.53. The van der Waals surface area contributed by atoms with E-state index >= 15 is 0 Å². The summed E-state index contributed by atoms with van der Waals surface area (Å²) in [5.74, 6) is -0.0559. The van der Waals surface area contributed by atoms with Gasteiger partial charge in [0.15, 0.2) is 0 Å². The van der Waals surface area contributed by atoms with Crippen LogP contribution < -0.4 is 5.32 Å². The van der Waals surface area contributed by atoms with Gasteiger partial charge in [-0.25, -0.2) is 0 Å². The SMILES string of the molecule is CC(C)C1C(=O)N(C2CC(C)(C)NC(C)(C)C2)C(=O)C1C. The highest BCUT2D eigenvalue weighted by molar-refractivity contribution is 6.05. The number of nitrogens with one attached hydrogen (secondary N) is 1. The van der Waals surface area contributed by atoms with Gasteiger partial charge < -0.3 is 5.32 Å². The van der Waals surface area contributed by atoms with Crippen molar-refractivity contribution < 1.29 is 9.59 Å². The van der Waals surface area contributed by atoms with Crippen molar-refractivity contribution in [2.45, 2.75) is 78.4 Å². The molecular weight excluding hydrogens is 264 g/mol. The van der Waals surface area contributed by atoms with E-state index in [1.54, 1.807) is 4.90 Å². The summed E-state index contributed by atoms with van der Waals surface area (Å²) in [6.07, 6.45) is 1.65. The molecule has 21 heavy (non-hydrogen) atoms. The third-order valence-electron chi connectivity index (χ3n) is 4.94. The second-order valence-electron chi connectivity index (χ2n) is 8.56. The smallest absolute Gasteiger partial charge is 0.233 e. The lowest BCUT2D eigenvalue weighted by atomic mass is 9.79. The number of imide groups is 1. The maximum Gasteiger partial charge on any atom is 0.233 e. The van der Waals surface area contributed by atoms with Crippen LogP contribution in [0.2, 0.25) is 0 Å². The molecule has 2 heterocycles. The van der Waals surface area contributed by atoms with Crippen LogP contribution in [0.4, 0.5) is 0 Å². The van der Waals surface area contributed by atoms with Crippen molar-refractivity contribution in [3.63, 3.8) is 0 Å². The first kappa shape index (κ1) is 16.5. The van der Waals surface area contributed by atoms with Gasteiger partial charge in [-0.2, -0.15) is 0 Å². The van der Waals surface area contributed by atoms with Gasteiger partial charge in [-0.05, 0) is 46.5 Å².